The molecule has 0 aliphatic heterocycles. The maximum Gasteiger partial charge on any atom is 0.416 e. The number of hydrogen-bond donors (Lipinski definition) is 3. The molecule has 0 saturated heterocycles. The zero-order chi connectivity index (χ0) is 24.6. The van der Waals surface area contributed by atoms with Gasteiger partial charge in [0.15, 0.2) is 0 Å². The molecule has 2 heterocycles. The first kappa shape index (κ1) is 22.7. The summed E-state index contributed by atoms with van der Waals surface area (Å²) in [6.07, 6.45) is -3.15. The van der Waals surface area contributed by atoms with Crippen molar-refractivity contribution < 1.29 is 22.4 Å². The average molecular weight is 472 g/mol. The van der Waals surface area contributed by atoms with Crippen LogP contribution < -0.4 is 21.9 Å². The molecule has 0 saturated carbocycles. The molecule has 0 aliphatic carbocycles. The average Bonchev–Trinajstić information content (AvgIpc) is 2.78. The highest BCUT2D eigenvalue weighted by atomic mass is 19.4. The van der Waals surface area contributed by atoms with Crippen molar-refractivity contribution in [1.82, 2.24) is 14.5 Å². The number of pyridine rings is 1. The molecule has 0 atom stereocenters. The molecule has 0 fully saturated rings. The Morgan fingerprint density at radius 1 is 1.09 bits per heavy atom. The lowest BCUT2D eigenvalue weighted by Gasteiger charge is -2.13. The van der Waals surface area contributed by atoms with Crippen LogP contribution in [0.15, 0.2) is 59.5 Å². The lowest BCUT2D eigenvalue weighted by molar-refractivity contribution is -0.137. The summed E-state index contributed by atoms with van der Waals surface area (Å²) in [5, 5.41) is 4.98. The van der Waals surface area contributed by atoms with Crippen LogP contribution in [0, 0.1) is 5.82 Å². The zero-order valence-electron chi connectivity index (χ0n) is 17.4. The third-order valence-electron chi connectivity index (χ3n) is 4.94. The molecule has 4 rings (SSSR count). The highest BCUT2D eigenvalue weighted by molar-refractivity contribution is 6.00. The lowest BCUT2D eigenvalue weighted by Crippen LogP contribution is -2.21. The molecule has 12 heteroatoms. The number of halogens is 4. The van der Waals surface area contributed by atoms with E-state index in [1.54, 1.807) is 0 Å². The van der Waals surface area contributed by atoms with Crippen molar-refractivity contribution in [3.05, 3.63) is 76.5 Å². The van der Waals surface area contributed by atoms with Crippen LogP contribution in [-0.2, 0) is 13.2 Å². The third-order valence-corrected chi connectivity index (χ3v) is 4.94. The Bertz CT molecular complexity index is 1480. The molecule has 0 radical (unpaired) electrons. The minimum atomic E-state index is -4.59. The topological polar surface area (TPSA) is 115 Å². The standard InChI is InChI=1S/C22H16F4N6O2/c1-32-18-12(10-28-20(27)31-18)7-15(19(32)33)11-5-6-16(23)17(8-11)30-21(34)29-14-4-2-3-13(9-14)22(24,25)26/h2-10H,1H3,(H2,27,28,31)(H2,29,30,34). The summed E-state index contributed by atoms with van der Waals surface area (Å²) in [5.41, 5.74) is 4.55. The van der Waals surface area contributed by atoms with Gasteiger partial charge in [-0.15, -0.1) is 0 Å². The lowest BCUT2D eigenvalue weighted by atomic mass is 10.1. The van der Waals surface area contributed by atoms with Crippen LogP contribution in [0.3, 0.4) is 0 Å². The first-order valence-corrected chi connectivity index (χ1v) is 9.70. The van der Waals surface area contributed by atoms with Crippen LogP contribution in [0.2, 0.25) is 0 Å². The molecule has 0 spiro atoms. The van der Waals surface area contributed by atoms with Crippen molar-refractivity contribution in [2.24, 2.45) is 7.05 Å². The number of carbonyl (C=O) groups is 1. The number of amides is 2. The number of anilines is 3. The van der Waals surface area contributed by atoms with E-state index in [4.69, 9.17) is 5.73 Å². The molecule has 34 heavy (non-hydrogen) atoms. The predicted molar refractivity (Wildman–Crippen MR) is 119 cm³/mol. The quantitative estimate of drug-likeness (QED) is 0.383. The number of nitrogens with two attached hydrogens (primary N) is 1. The summed E-state index contributed by atoms with van der Waals surface area (Å²) >= 11 is 0. The molecule has 4 N–H and O–H groups in total. The summed E-state index contributed by atoms with van der Waals surface area (Å²) in [5.74, 6) is -0.813. The number of alkyl halides is 3. The number of hydrogen-bond acceptors (Lipinski definition) is 5. The molecule has 2 aromatic carbocycles. The van der Waals surface area contributed by atoms with E-state index in [2.05, 4.69) is 20.6 Å². The number of nitrogens with one attached hydrogen (secondary N) is 2. The van der Waals surface area contributed by atoms with E-state index in [0.29, 0.717) is 11.0 Å². The van der Waals surface area contributed by atoms with Gasteiger partial charge < -0.3 is 16.4 Å². The predicted octanol–water partition coefficient (Wildman–Crippen LogP) is 4.38. The van der Waals surface area contributed by atoms with Crippen LogP contribution in [0.4, 0.5) is 39.7 Å². The number of carbonyl (C=O) groups excluding carboxylic acids is 1. The van der Waals surface area contributed by atoms with Crippen molar-refractivity contribution in [3.8, 4) is 11.1 Å². The van der Waals surface area contributed by atoms with E-state index >= 15 is 0 Å². The summed E-state index contributed by atoms with van der Waals surface area (Å²) in [6.45, 7) is 0. The molecule has 2 amide bonds. The number of benzene rings is 2. The first-order valence-electron chi connectivity index (χ1n) is 9.70. The smallest absolute Gasteiger partial charge is 0.368 e. The maximum atomic E-state index is 14.4. The molecular weight excluding hydrogens is 456 g/mol. The van der Waals surface area contributed by atoms with Crippen molar-refractivity contribution in [2.45, 2.75) is 6.18 Å². The fourth-order valence-corrected chi connectivity index (χ4v) is 3.31. The molecular formula is C22H16F4N6O2. The first-order chi connectivity index (χ1) is 16.0. The molecule has 174 valence electrons. The van der Waals surface area contributed by atoms with Gasteiger partial charge in [-0.3, -0.25) is 9.36 Å². The van der Waals surface area contributed by atoms with E-state index in [0.717, 1.165) is 24.3 Å². The van der Waals surface area contributed by atoms with Gasteiger partial charge in [0, 0.05) is 29.9 Å². The molecule has 4 aromatic rings. The van der Waals surface area contributed by atoms with Crippen LogP contribution in [0.5, 0.6) is 0 Å². The van der Waals surface area contributed by atoms with Gasteiger partial charge in [0.2, 0.25) is 5.95 Å². The number of nitrogens with zero attached hydrogens (tertiary/aromatic N) is 3. The molecule has 0 unspecified atom stereocenters. The Kier molecular flexibility index (Phi) is 5.65. The van der Waals surface area contributed by atoms with E-state index in [9.17, 15) is 27.2 Å². The second kappa shape index (κ2) is 8.46. The Morgan fingerprint density at radius 3 is 2.59 bits per heavy atom. The highest BCUT2D eigenvalue weighted by Gasteiger charge is 2.30. The summed E-state index contributed by atoms with van der Waals surface area (Å²) in [6, 6.07) is 8.19. The Morgan fingerprint density at radius 2 is 1.85 bits per heavy atom. The van der Waals surface area contributed by atoms with Crippen molar-refractivity contribution in [3.63, 3.8) is 0 Å². The Balaban J connectivity index is 1.63. The van der Waals surface area contributed by atoms with Crippen molar-refractivity contribution in [1.29, 1.82) is 0 Å². The van der Waals surface area contributed by atoms with Crippen LogP contribution >= 0.6 is 0 Å². The van der Waals surface area contributed by atoms with Gasteiger partial charge in [-0.05, 0) is 42.0 Å². The molecule has 0 bridgehead atoms. The van der Waals surface area contributed by atoms with Crippen LogP contribution in [0.1, 0.15) is 5.56 Å². The fourth-order valence-electron chi connectivity index (χ4n) is 3.31. The molecule has 0 aliphatic rings. The number of aryl methyl sites for hydroxylation is 1. The second-order valence-corrected chi connectivity index (χ2v) is 7.28. The van der Waals surface area contributed by atoms with Crippen molar-refractivity contribution in [2.75, 3.05) is 16.4 Å². The van der Waals surface area contributed by atoms with E-state index in [1.807, 2.05) is 0 Å². The third kappa shape index (κ3) is 4.51. The normalized spacial score (nSPS) is 11.4. The van der Waals surface area contributed by atoms with Gasteiger partial charge >= 0.3 is 12.2 Å². The largest absolute Gasteiger partial charge is 0.416 e. The zero-order valence-corrected chi connectivity index (χ0v) is 17.4. The Labute approximate surface area is 189 Å². The number of rotatable bonds is 3. The summed E-state index contributed by atoms with van der Waals surface area (Å²) in [7, 11) is 1.49. The second-order valence-electron chi connectivity index (χ2n) is 7.28. The van der Waals surface area contributed by atoms with Crippen LogP contribution in [0.25, 0.3) is 22.2 Å². The monoisotopic (exact) mass is 472 g/mol. The van der Waals surface area contributed by atoms with Crippen LogP contribution in [-0.4, -0.2) is 20.6 Å². The van der Waals surface area contributed by atoms with Gasteiger partial charge in [-0.2, -0.15) is 18.2 Å². The van der Waals surface area contributed by atoms with Gasteiger partial charge in [0.25, 0.3) is 5.56 Å². The Hall–Kier alpha value is -4.48. The number of fused-ring (bicyclic) bond motifs is 1. The van der Waals surface area contributed by atoms with E-state index in [1.165, 1.54) is 42.1 Å². The van der Waals surface area contributed by atoms with Gasteiger partial charge in [-0.1, -0.05) is 12.1 Å². The minimum Gasteiger partial charge on any atom is -0.368 e. The molecule has 8 nitrogen and oxygen atoms in total. The SMILES string of the molecule is Cn1c(=O)c(-c2ccc(F)c(NC(=O)Nc3cccc(C(F)(F)F)c3)c2)cc2cnc(N)nc21. The van der Waals surface area contributed by atoms with E-state index < -0.39 is 29.1 Å². The maximum absolute atomic E-state index is 14.4. The highest BCUT2D eigenvalue weighted by Crippen LogP contribution is 2.31. The number of urea groups is 1. The number of aromatic nitrogens is 3. The van der Waals surface area contributed by atoms with E-state index in [-0.39, 0.29) is 28.5 Å². The van der Waals surface area contributed by atoms with Gasteiger partial charge in [0.05, 0.1) is 11.3 Å². The fraction of sp³-hybridized carbons (Fsp3) is 0.0909. The van der Waals surface area contributed by atoms with Gasteiger partial charge in [-0.25, -0.2) is 14.2 Å². The summed E-state index contributed by atoms with van der Waals surface area (Å²) in [4.78, 5) is 33.1. The van der Waals surface area contributed by atoms with Gasteiger partial charge in [0.1, 0.15) is 11.5 Å². The summed E-state index contributed by atoms with van der Waals surface area (Å²) < 4.78 is 54.2. The van der Waals surface area contributed by atoms with Crippen molar-refractivity contribution >= 4 is 34.4 Å². The molecule has 2 aromatic heterocycles. The minimum absolute atomic E-state index is 0.00435. The number of nitrogen functional groups attached to an aromatic ring is 1.